The molecule has 4 N–H and O–H groups in total. The fourth-order valence-corrected chi connectivity index (χ4v) is 1.99. The van der Waals surface area contributed by atoms with Gasteiger partial charge in [-0.3, -0.25) is 0 Å². The van der Waals surface area contributed by atoms with E-state index in [4.69, 9.17) is 15.6 Å². The Bertz CT molecular complexity index is 340. The zero-order valence-electron chi connectivity index (χ0n) is 8.40. The minimum Gasteiger partial charge on any atom is -0.504 e. The number of methoxy groups -OCH3 is 1. The van der Waals surface area contributed by atoms with Gasteiger partial charge in [-0.15, -0.1) is 0 Å². The Balaban J connectivity index is 3.17. The zero-order chi connectivity index (χ0) is 11.4. The van der Waals surface area contributed by atoms with Crippen LogP contribution in [0.2, 0.25) is 0 Å². The van der Waals surface area contributed by atoms with Crippen molar-refractivity contribution < 1.29 is 14.9 Å². The Morgan fingerprint density at radius 1 is 1.53 bits per heavy atom. The molecule has 0 aromatic heterocycles. The quantitative estimate of drug-likeness (QED) is 0.772. The van der Waals surface area contributed by atoms with Gasteiger partial charge in [0.2, 0.25) is 0 Å². The third kappa shape index (κ3) is 2.62. The van der Waals surface area contributed by atoms with Crippen LogP contribution in [0.15, 0.2) is 16.6 Å². The minimum absolute atomic E-state index is 0.0387. The van der Waals surface area contributed by atoms with Gasteiger partial charge in [-0.2, -0.15) is 0 Å². The molecule has 0 aliphatic rings. The summed E-state index contributed by atoms with van der Waals surface area (Å²) in [4.78, 5) is 0. The van der Waals surface area contributed by atoms with Crippen LogP contribution in [0.1, 0.15) is 11.5 Å². The molecule has 0 saturated carbocycles. The molecule has 1 unspecified atom stereocenters. The van der Waals surface area contributed by atoms with Crippen molar-refractivity contribution in [2.45, 2.75) is 5.92 Å². The molecule has 0 saturated heterocycles. The van der Waals surface area contributed by atoms with Gasteiger partial charge in [-0.05, 0) is 17.7 Å². The predicted octanol–water partition coefficient (Wildman–Crippen LogP) is 1.20. The van der Waals surface area contributed by atoms with Gasteiger partial charge < -0.3 is 20.7 Å². The van der Waals surface area contributed by atoms with Crippen molar-refractivity contribution in [1.82, 2.24) is 0 Å². The van der Waals surface area contributed by atoms with Gasteiger partial charge in [-0.25, -0.2) is 0 Å². The molecular weight excluding hydrogens is 262 g/mol. The predicted molar refractivity (Wildman–Crippen MR) is 61.2 cm³/mol. The highest BCUT2D eigenvalue weighted by Crippen LogP contribution is 2.35. The molecule has 1 aromatic carbocycles. The molecule has 4 nitrogen and oxygen atoms in total. The van der Waals surface area contributed by atoms with Crippen LogP contribution in [0, 0.1) is 0 Å². The van der Waals surface area contributed by atoms with Crippen LogP contribution in [0.5, 0.6) is 11.5 Å². The molecule has 0 bridgehead atoms. The maximum Gasteiger partial charge on any atom is 0.160 e. The summed E-state index contributed by atoms with van der Waals surface area (Å²) in [6.45, 7) is 0.298. The minimum atomic E-state index is -0.158. The largest absolute Gasteiger partial charge is 0.504 e. The molecule has 1 rings (SSSR count). The van der Waals surface area contributed by atoms with E-state index in [2.05, 4.69) is 15.9 Å². The van der Waals surface area contributed by atoms with E-state index in [1.165, 1.54) is 13.2 Å². The van der Waals surface area contributed by atoms with Gasteiger partial charge in [0.15, 0.2) is 11.5 Å². The smallest absolute Gasteiger partial charge is 0.160 e. The van der Waals surface area contributed by atoms with E-state index >= 15 is 0 Å². The van der Waals surface area contributed by atoms with Gasteiger partial charge in [-0.1, -0.05) is 15.9 Å². The van der Waals surface area contributed by atoms with E-state index < -0.39 is 0 Å². The van der Waals surface area contributed by atoms with Crippen LogP contribution in [-0.4, -0.2) is 30.5 Å². The van der Waals surface area contributed by atoms with Crippen LogP contribution in [0.25, 0.3) is 0 Å². The van der Waals surface area contributed by atoms with Gasteiger partial charge in [0.1, 0.15) is 0 Å². The van der Waals surface area contributed by atoms with Crippen molar-refractivity contribution in [3.05, 3.63) is 22.2 Å². The first-order chi connectivity index (χ1) is 7.13. The van der Waals surface area contributed by atoms with Crippen molar-refractivity contribution >= 4 is 15.9 Å². The number of nitrogens with two attached hydrogens (primary N) is 1. The molecule has 0 aliphatic heterocycles. The second-order valence-corrected chi connectivity index (χ2v) is 4.02. The molecule has 0 radical (unpaired) electrons. The zero-order valence-corrected chi connectivity index (χ0v) is 9.99. The summed E-state index contributed by atoms with van der Waals surface area (Å²) < 4.78 is 5.70. The Kier molecular flexibility index (Phi) is 4.38. The second kappa shape index (κ2) is 5.34. The SMILES string of the molecule is COc1cc(C(CN)CO)c(Br)cc1O. The lowest BCUT2D eigenvalue weighted by atomic mass is 10.00. The van der Waals surface area contributed by atoms with E-state index in [0.29, 0.717) is 16.8 Å². The average molecular weight is 276 g/mol. The number of benzene rings is 1. The Hall–Kier alpha value is -0.780. The molecular formula is C10H14BrNO3. The summed E-state index contributed by atoms with van der Waals surface area (Å²) in [5.74, 6) is 0.274. The number of rotatable bonds is 4. The van der Waals surface area contributed by atoms with Gasteiger partial charge in [0.05, 0.1) is 13.7 Å². The number of hydrogen-bond acceptors (Lipinski definition) is 4. The van der Waals surface area contributed by atoms with E-state index in [1.807, 2.05) is 0 Å². The first-order valence-corrected chi connectivity index (χ1v) is 5.30. The van der Waals surface area contributed by atoms with Crippen molar-refractivity contribution in [2.24, 2.45) is 5.73 Å². The van der Waals surface area contributed by atoms with Crippen LogP contribution < -0.4 is 10.5 Å². The van der Waals surface area contributed by atoms with E-state index in [0.717, 1.165) is 5.56 Å². The average Bonchev–Trinajstić information content (AvgIpc) is 2.22. The fourth-order valence-electron chi connectivity index (χ4n) is 1.33. The molecule has 0 amide bonds. The first-order valence-electron chi connectivity index (χ1n) is 4.51. The van der Waals surface area contributed by atoms with Crippen molar-refractivity contribution in [2.75, 3.05) is 20.3 Å². The molecule has 15 heavy (non-hydrogen) atoms. The molecule has 0 spiro atoms. The topological polar surface area (TPSA) is 75.7 Å². The normalized spacial score (nSPS) is 12.5. The third-order valence-corrected chi connectivity index (χ3v) is 2.93. The molecule has 0 heterocycles. The van der Waals surface area contributed by atoms with Crippen molar-refractivity contribution in [3.8, 4) is 11.5 Å². The van der Waals surface area contributed by atoms with Crippen LogP contribution in [-0.2, 0) is 0 Å². The van der Waals surface area contributed by atoms with E-state index in [1.54, 1.807) is 6.07 Å². The summed E-state index contributed by atoms with van der Waals surface area (Å²) >= 11 is 3.31. The Morgan fingerprint density at radius 2 is 2.20 bits per heavy atom. The number of ether oxygens (including phenoxy) is 1. The van der Waals surface area contributed by atoms with Crippen molar-refractivity contribution in [1.29, 1.82) is 0 Å². The molecule has 1 atom stereocenters. The summed E-state index contributed by atoms with van der Waals surface area (Å²) in [6.07, 6.45) is 0. The standard InChI is InChI=1S/C10H14BrNO3/c1-15-10-2-7(6(4-12)5-13)8(11)3-9(10)14/h2-3,6,13-14H,4-5,12H2,1H3. The van der Waals surface area contributed by atoms with Gasteiger partial charge in [0, 0.05) is 16.9 Å². The molecule has 0 aliphatic carbocycles. The number of aliphatic hydroxyl groups is 1. The summed E-state index contributed by atoms with van der Waals surface area (Å²) in [7, 11) is 1.48. The lowest BCUT2D eigenvalue weighted by Gasteiger charge is -2.15. The van der Waals surface area contributed by atoms with Crippen LogP contribution >= 0.6 is 15.9 Å². The Morgan fingerprint density at radius 3 is 2.67 bits per heavy atom. The molecule has 0 fully saturated rings. The molecule has 84 valence electrons. The summed E-state index contributed by atoms with van der Waals surface area (Å²) in [5, 5.41) is 18.6. The lowest BCUT2D eigenvalue weighted by molar-refractivity contribution is 0.267. The maximum atomic E-state index is 9.49. The molecule has 1 aromatic rings. The number of hydrogen-bond donors (Lipinski definition) is 3. The lowest BCUT2D eigenvalue weighted by Crippen LogP contribution is -2.16. The molecule has 5 heteroatoms. The highest BCUT2D eigenvalue weighted by molar-refractivity contribution is 9.10. The highest BCUT2D eigenvalue weighted by Gasteiger charge is 2.15. The highest BCUT2D eigenvalue weighted by atomic mass is 79.9. The number of phenols is 1. The number of phenolic OH excluding ortho intramolecular Hbond substituents is 1. The number of aromatic hydroxyl groups is 1. The van der Waals surface area contributed by atoms with E-state index in [9.17, 15) is 5.11 Å². The van der Waals surface area contributed by atoms with Crippen LogP contribution in [0.3, 0.4) is 0 Å². The Labute approximate surface area is 96.8 Å². The van der Waals surface area contributed by atoms with Crippen molar-refractivity contribution in [3.63, 3.8) is 0 Å². The summed E-state index contributed by atoms with van der Waals surface area (Å²) in [6, 6.07) is 3.21. The van der Waals surface area contributed by atoms with Gasteiger partial charge in [0.25, 0.3) is 0 Å². The first kappa shape index (κ1) is 12.3. The summed E-state index contributed by atoms with van der Waals surface area (Å²) in [5.41, 5.74) is 6.36. The van der Waals surface area contributed by atoms with Crippen LogP contribution in [0.4, 0.5) is 0 Å². The fraction of sp³-hybridized carbons (Fsp3) is 0.400. The third-order valence-electron chi connectivity index (χ3n) is 2.24. The second-order valence-electron chi connectivity index (χ2n) is 3.16. The number of aliphatic hydroxyl groups excluding tert-OH is 1. The van der Waals surface area contributed by atoms with E-state index in [-0.39, 0.29) is 18.3 Å². The number of halogens is 1. The van der Waals surface area contributed by atoms with Gasteiger partial charge >= 0.3 is 0 Å². The maximum absolute atomic E-state index is 9.49. The monoisotopic (exact) mass is 275 g/mol.